The Morgan fingerprint density at radius 2 is 1.71 bits per heavy atom. The van der Waals surface area contributed by atoms with E-state index in [2.05, 4.69) is 10.6 Å². The van der Waals surface area contributed by atoms with Crippen LogP contribution < -0.4 is 10.6 Å². The molecule has 0 saturated carbocycles. The number of hydrogen-bond acceptors (Lipinski definition) is 6. The zero-order chi connectivity index (χ0) is 24.7. The molecule has 0 unspecified atom stereocenters. The largest absolute Gasteiger partial charge is 0.452 e. The first-order valence-electron chi connectivity index (χ1n) is 11.1. The molecule has 0 saturated heterocycles. The average molecular weight is 488 g/mol. The van der Waals surface area contributed by atoms with E-state index < -0.39 is 34.5 Å². The number of carbonyl (C=O) groups is 3. The zero-order valence-corrected chi connectivity index (χ0v) is 20.1. The van der Waals surface area contributed by atoms with Crippen molar-refractivity contribution >= 4 is 27.9 Å². The van der Waals surface area contributed by atoms with E-state index in [4.69, 9.17) is 4.74 Å². The molecule has 182 valence electrons. The summed E-state index contributed by atoms with van der Waals surface area (Å²) in [5.74, 6) is -1.15. The van der Waals surface area contributed by atoms with Gasteiger partial charge in [-0.2, -0.15) is 4.31 Å². The summed E-state index contributed by atoms with van der Waals surface area (Å²) in [4.78, 5) is 35.7. The Labute approximate surface area is 199 Å². The molecule has 2 aromatic carbocycles. The molecule has 1 heterocycles. The maximum Gasteiger partial charge on any atom is 0.338 e. The first-order chi connectivity index (χ1) is 16.2. The van der Waals surface area contributed by atoms with Crippen molar-refractivity contribution in [1.29, 1.82) is 0 Å². The van der Waals surface area contributed by atoms with Gasteiger partial charge in [-0.3, -0.25) is 10.1 Å². The molecule has 0 spiro atoms. The Bertz CT molecular complexity index is 1150. The van der Waals surface area contributed by atoms with Gasteiger partial charge in [-0.1, -0.05) is 38.1 Å². The van der Waals surface area contributed by atoms with Gasteiger partial charge in [-0.15, -0.1) is 0 Å². The smallest absolute Gasteiger partial charge is 0.338 e. The normalized spacial score (nSPS) is 13.7. The Morgan fingerprint density at radius 3 is 2.38 bits per heavy atom. The molecule has 0 bridgehead atoms. The van der Waals surface area contributed by atoms with Crippen molar-refractivity contribution in [3.63, 3.8) is 0 Å². The van der Waals surface area contributed by atoms with Crippen LogP contribution in [0.1, 0.15) is 41.8 Å². The van der Waals surface area contributed by atoms with Gasteiger partial charge in [0.15, 0.2) is 6.61 Å². The summed E-state index contributed by atoms with van der Waals surface area (Å²) in [5, 5.41) is 4.63. The number of imide groups is 1. The third kappa shape index (κ3) is 6.64. The second-order valence-corrected chi connectivity index (χ2v) is 10.4. The molecule has 0 atom stereocenters. The van der Waals surface area contributed by atoms with Gasteiger partial charge < -0.3 is 10.1 Å². The molecule has 0 radical (unpaired) electrons. The predicted octanol–water partition coefficient (Wildman–Crippen LogP) is 2.46. The molecule has 2 N–H and O–H groups in total. The number of amides is 3. The lowest BCUT2D eigenvalue weighted by atomic mass is 10.0. The van der Waals surface area contributed by atoms with Gasteiger partial charge in [0, 0.05) is 19.6 Å². The minimum Gasteiger partial charge on any atom is -0.452 e. The Morgan fingerprint density at radius 1 is 1.03 bits per heavy atom. The highest BCUT2D eigenvalue weighted by Gasteiger charge is 2.28. The van der Waals surface area contributed by atoms with Crippen LogP contribution in [0.15, 0.2) is 53.4 Å². The molecule has 1 aliphatic rings. The number of sulfonamides is 1. The fraction of sp³-hybridized carbons (Fsp3) is 0.375. The Balaban J connectivity index is 1.52. The van der Waals surface area contributed by atoms with Crippen LogP contribution in [0.2, 0.25) is 0 Å². The van der Waals surface area contributed by atoms with Crippen LogP contribution in [0.3, 0.4) is 0 Å². The highest BCUT2D eigenvalue weighted by Crippen LogP contribution is 2.25. The van der Waals surface area contributed by atoms with E-state index in [1.54, 1.807) is 0 Å². The second-order valence-electron chi connectivity index (χ2n) is 8.44. The molecule has 2 aromatic rings. The fourth-order valence-corrected chi connectivity index (χ4v) is 4.90. The van der Waals surface area contributed by atoms with E-state index >= 15 is 0 Å². The summed E-state index contributed by atoms with van der Waals surface area (Å²) in [6.07, 6.45) is 1.41. The van der Waals surface area contributed by atoms with Gasteiger partial charge in [-0.25, -0.2) is 18.0 Å². The van der Waals surface area contributed by atoms with E-state index in [9.17, 15) is 22.8 Å². The number of ether oxygens (including phenoxy) is 1. The van der Waals surface area contributed by atoms with Crippen LogP contribution >= 0.6 is 0 Å². The van der Waals surface area contributed by atoms with Crippen LogP contribution in [0, 0.1) is 5.92 Å². The summed E-state index contributed by atoms with van der Waals surface area (Å²) in [6, 6.07) is 12.4. The molecule has 0 aliphatic carbocycles. The summed E-state index contributed by atoms with van der Waals surface area (Å²) in [7, 11) is -3.73. The van der Waals surface area contributed by atoms with Crippen molar-refractivity contribution in [3.8, 4) is 0 Å². The lowest BCUT2D eigenvalue weighted by Gasteiger charge is -2.28. The van der Waals surface area contributed by atoms with Crippen molar-refractivity contribution < 1.29 is 27.5 Å². The number of esters is 1. The Kier molecular flexibility index (Phi) is 8.41. The SMILES string of the molecule is CC(C)CCNC(=O)NC(=O)COC(=O)c1ccc(S(=O)(=O)N2CCc3ccccc3C2)cc1. The third-order valence-corrected chi connectivity index (χ3v) is 7.28. The van der Waals surface area contributed by atoms with Crippen LogP contribution in [-0.2, 0) is 32.5 Å². The number of nitrogens with one attached hydrogen (secondary N) is 2. The highest BCUT2D eigenvalue weighted by atomic mass is 32.2. The van der Waals surface area contributed by atoms with Crippen molar-refractivity contribution in [2.45, 2.75) is 38.1 Å². The molecule has 0 fully saturated rings. The second kappa shape index (κ2) is 11.3. The number of hydrogen-bond donors (Lipinski definition) is 2. The molecule has 1 aliphatic heterocycles. The van der Waals surface area contributed by atoms with Gasteiger partial charge in [-0.05, 0) is 54.2 Å². The van der Waals surface area contributed by atoms with Crippen molar-refractivity contribution in [3.05, 3.63) is 65.2 Å². The van der Waals surface area contributed by atoms with Crippen molar-refractivity contribution in [1.82, 2.24) is 14.9 Å². The standard InChI is InChI=1S/C24H29N3O6S/c1-17(2)11-13-25-24(30)26-22(28)16-33-23(29)19-7-9-21(10-8-19)34(31,32)27-14-12-18-5-3-4-6-20(18)15-27/h3-10,17H,11-16H2,1-2H3,(H2,25,26,28,30). The monoisotopic (exact) mass is 487 g/mol. The summed E-state index contributed by atoms with van der Waals surface area (Å²) >= 11 is 0. The van der Waals surface area contributed by atoms with Crippen molar-refractivity contribution in [2.24, 2.45) is 5.92 Å². The molecular formula is C24H29N3O6S. The van der Waals surface area contributed by atoms with Crippen molar-refractivity contribution in [2.75, 3.05) is 19.7 Å². The topological polar surface area (TPSA) is 122 Å². The average Bonchev–Trinajstić information content (AvgIpc) is 2.82. The van der Waals surface area contributed by atoms with E-state index in [1.165, 1.54) is 28.6 Å². The first-order valence-corrected chi connectivity index (χ1v) is 12.5. The number of nitrogens with zero attached hydrogens (tertiary/aromatic N) is 1. The van der Waals surface area contributed by atoms with Gasteiger partial charge in [0.2, 0.25) is 10.0 Å². The quantitative estimate of drug-likeness (QED) is 0.552. The van der Waals surface area contributed by atoms with E-state index in [0.717, 1.165) is 17.5 Å². The molecular weight excluding hydrogens is 458 g/mol. The summed E-state index contributed by atoms with van der Waals surface area (Å²) < 4.78 is 32.4. The maximum absolute atomic E-state index is 13.0. The minimum atomic E-state index is -3.73. The first kappa shape index (κ1) is 25.4. The van der Waals surface area contributed by atoms with Gasteiger partial charge in [0.25, 0.3) is 5.91 Å². The van der Waals surface area contributed by atoms with Crippen LogP contribution in [0.5, 0.6) is 0 Å². The predicted molar refractivity (Wildman–Crippen MR) is 125 cm³/mol. The molecule has 34 heavy (non-hydrogen) atoms. The molecule has 10 heteroatoms. The molecule has 0 aromatic heterocycles. The number of fused-ring (bicyclic) bond motifs is 1. The van der Waals surface area contributed by atoms with Gasteiger partial charge in [0.1, 0.15) is 0 Å². The lowest BCUT2D eigenvalue weighted by Crippen LogP contribution is -2.42. The number of carbonyl (C=O) groups excluding carboxylic acids is 3. The number of benzene rings is 2. The van der Waals surface area contributed by atoms with Gasteiger partial charge >= 0.3 is 12.0 Å². The van der Waals surface area contributed by atoms with Gasteiger partial charge in [0.05, 0.1) is 10.5 Å². The summed E-state index contributed by atoms with van der Waals surface area (Å²) in [5.41, 5.74) is 2.21. The molecule has 3 rings (SSSR count). The third-order valence-electron chi connectivity index (χ3n) is 5.42. The Hall–Kier alpha value is -3.24. The highest BCUT2D eigenvalue weighted by molar-refractivity contribution is 7.89. The number of rotatable bonds is 8. The number of urea groups is 1. The van der Waals surface area contributed by atoms with E-state index in [0.29, 0.717) is 32.0 Å². The van der Waals surface area contributed by atoms with E-state index in [1.807, 2.05) is 38.1 Å². The maximum atomic E-state index is 13.0. The summed E-state index contributed by atoms with van der Waals surface area (Å²) in [6.45, 7) is 4.49. The fourth-order valence-electron chi connectivity index (χ4n) is 3.48. The molecule has 3 amide bonds. The minimum absolute atomic E-state index is 0.0687. The zero-order valence-electron chi connectivity index (χ0n) is 19.2. The van der Waals surface area contributed by atoms with Crippen LogP contribution in [0.25, 0.3) is 0 Å². The van der Waals surface area contributed by atoms with Crippen LogP contribution in [-0.4, -0.2) is 50.3 Å². The van der Waals surface area contributed by atoms with Crippen LogP contribution in [0.4, 0.5) is 4.79 Å². The lowest BCUT2D eigenvalue weighted by molar-refractivity contribution is -0.123. The molecule has 9 nitrogen and oxygen atoms in total. The van der Waals surface area contributed by atoms with E-state index in [-0.39, 0.29) is 10.5 Å².